The van der Waals surface area contributed by atoms with Gasteiger partial charge in [-0.3, -0.25) is 4.79 Å². The molecule has 0 saturated carbocycles. The lowest BCUT2D eigenvalue weighted by Crippen LogP contribution is -2.14. The van der Waals surface area contributed by atoms with Gasteiger partial charge >= 0.3 is 0 Å². The fourth-order valence-corrected chi connectivity index (χ4v) is 3.63. The Hall–Kier alpha value is -1.67. The van der Waals surface area contributed by atoms with Crippen LogP contribution in [0.25, 0.3) is 6.08 Å². The molecule has 0 heterocycles. The van der Waals surface area contributed by atoms with Gasteiger partial charge in [-0.25, -0.2) is 0 Å². The molecule has 0 amide bonds. The summed E-state index contributed by atoms with van der Waals surface area (Å²) in [6, 6.07) is 10.4. The average Bonchev–Trinajstić information content (AvgIpc) is 2.45. The molecule has 0 N–H and O–H groups in total. The van der Waals surface area contributed by atoms with Crippen LogP contribution in [0.15, 0.2) is 40.4 Å². The number of rotatable bonds is 1. The van der Waals surface area contributed by atoms with Crippen molar-refractivity contribution in [1.29, 1.82) is 0 Å². The van der Waals surface area contributed by atoms with E-state index in [9.17, 15) is 4.79 Å². The third kappa shape index (κ3) is 2.80. The van der Waals surface area contributed by atoms with Gasteiger partial charge in [0.15, 0.2) is 5.78 Å². The zero-order valence-electron chi connectivity index (χ0n) is 13.2. The fourth-order valence-electron chi connectivity index (χ4n) is 3.26. The number of Topliss-reactive ketones (excluding diaryl/α,β-unsaturated/α-hetero) is 1. The Balaban J connectivity index is 2.06. The molecule has 0 spiro atoms. The van der Waals surface area contributed by atoms with Crippen LogP contribution in [-0.4, -0.2) is 5.78 Å². The topological polar surface area (TPSA) is 17.1 Å². The summed E-state index contributed by atoms with van der Waals surface area (Å²) in [6.07, 6.45) is 3.85. The maximum Gasteiger partial charge on any atom is 0.189 e. The second kappa shape index (κ2) is 5.85. The van der Waals surface area contributed by atoms with Crippen molar-refractivity contribution >= 4 is 27.8 Å². The number of aryl methyl sites for hydroxylation is 4. The number of hydrogen-bond donors (Lipinski definition) is 0. The van der Waals surface area contributed by atoms with Gasteiger partial charge in [0.1, 0.15) is 0 Å². The summed E-state index contributed by atoms with van der Waals surface area (Å²) < 4.78 is 0.962. The van der Waals surface area contributed by atoms with E-state index in [1.807, 2.05) is 12.1 Å². The van der Waals surface area contributed by atoms with E-state index in [1.54, 1.807) is 0 Å². The van der Waals surface area contributed by atoms with Crippen molar-refractivity contribution < 1.29 is 4.79 Å². The quantitative estimate of drug-likeness (QED) is 0.610. The van der Waals surface area contributed by atoms with Crippen LogP contribution in [-0.2, 0) is 6.42 Å². The molecule has 2 aromatic rings. The Bertz CT molecular complexity index is 776. The Morgan fingerprint density at radius 2 is 1.68 bits per heavy atom. The number of allylic oxidation sites excluding steroid dienone is 1. The number of benzene rings is 2. The first-order chi connectivity index (χ1) is 10.5. The summed E-state index contributed by atoms with van der Waals surface area (Å²) >= 11 is 3.46. The molecule has 0 radical (unpaired) electrons. The van der Waals surface area contributed by atoms with E-state index >= 15 is 0 Å². The predicted molar refractivity (Wildman–Crippen MR) is 95.4 cm³/mol. The van der Waals surface area contributed by atoms with E-state index in [2.05, 4.69) is 61.0 Å². The molecule has 0 aromatic heterocycles. The van der Waals surface area contributed by atoms with E-state index in [0.29, 0.717) is 0 Å². The minimum absolute atomic E-state index is 0.168. The number of carbonyl (C=O) groups is 1. The Morgan fingerprint density at radius 1 is 1.00 bits per heavy atom. The maximum atomic E-state index is 12.8. The highest BCUT2D eigenvalue weighted by molar-refractivity contribution is 9.10. The van der Waals surface area contributed by atoms with Crippen molar-refractivity contribution in [2.24, 2.45) is 0 Å². The number of hydrogen-bond acceptors (Lipinski definition) is 1. The molecule has 112 valence electrons. The number of fused-ring (bicyclic) bond motifs is 1. The van der Waals surface area contributed by atoms with Gasteiger partial charge in [0, 0.05) is 15.6 Å². The summed E-state index contributed by atoms with van der Waals surface area (Å²) in [7, 11) is 0. The van der Waals surface area contributed by atoms with Crippen LogP contribution in [0, 0.1) is 20.8 Å². The van der Waals surface area contributed by atoms with Crippen molar-refractivity contribution in [3.05, 3.63) is 73.8 Å². The predicted octanol–water partition coefficient (Wildman–Crippen LogP) is 5.59. The summed E-state index contributed by atoms with van der Waals surface area (Å²) in [5.41, 5.74) is 7.84. The van der Waals surface area contributed by atoms with Crippen LogP contribution in [0.4, 0.5) is 0 Å². The van der Waals surface area contributed by atoms with Crippen LogP contribution >= 0.6 is 15.9 Å². The zero-order valence-corrected chi connectivity index (χ0v) is 14.8. The molecule has 1 aliphatic rings. The molecule has 0 fully saturated rings. The van der Waals surface area contributed by atoms with E-state index in [4.69, 9.17) is 0 Å². The van der Waals surface area contributed by atoms with Gasteiger partial charge in [0.2, 0.25) is 0 Å². The molecule has 0 bridgehead atoms. The van der Waals surface area contributed by atoms with Gasteiger partial charge in [0.05, 0.1) is 0 Å². The molecule has 0 unspecified atom stereocenters. The molecule has 1 nitrogen and oxygen atoms in total. The highest BCUT2D eigenvalue weighted by Gasteiger charge is 2.22. The Morgan fingerprint density at radius 3 is 2.36 bits per heavy atom. The van der Waals surface area contributed by atoms with Crippen LogP contribution in [0.2, 0.25) is 0 Å². The SMILES string of the molecule is Cc1cc(C)c(/C=C2\CCc3ccc(Br)cc3C2=O)c(C)c1. The molecule has 22 heavy (non-hydrogen) atoms. The van der Waals surface area contributed by atoms with Crippen LogP contribution < -0.4 is 0 Å². The zero-order chi connectivity index (χ0) is 15.9. The molecular weight excluding hydrogens is 336 g/mol. The smallest absolute Gasteiger partial charge is 0.189 e. The highest BCUT2D eigenvalue weighted by Crippen LogP contribution is 2.30. The van der Waals surface area contributed by atoms with Crippen molar-refractivity contribution in [3.8, 4) is 0 Å². The average molecular weight is 355 g/mol. The Labute approximate surface area is 140 Å². The van der Waals surface area contributed by atoms with Gasteiger partial charge in [-0.1, -0.05) is 39.7 Å². The van der Waals surface area contributed by atoms with Crippen molar-refractivity contribution in [2.75, 3.05) is 0 Å². The van der Waals surface area contributed by atoms with E-state index in [1.165, 1.54) is 22.3 Å². The van der Waals surface area contributed by atoms with Gasteiger partial charge in [-0.15, -0.1) is 0 Å². The monoisotopic (exact) mass is 354 g/mol. The van der Waals surface area contributed by atoms with Crippen LogP contribution in [0.3, 0.4) is 0 Å². The summed E-state index contributed by atoms with van der Waals surface area (Å²) in [5.74, 6) is 0.168. The molecular formula is C20H19BrO. The number of ketones is 1. The van der Waals surface area contributed by atoms with E-state index < -0.39 is 0 Å². The van der Waals surface area contributed by atoms with Crippen molar-refractivity contribution in [1.82, 2.24) is 0 Å². The van der Waals surface area contributed by atoms with Gasteiger partial charge in [0.25, 0.3) is 0 Å². The summed E-state index contributed by atoms with van der Waals surface area (Å²) in [6.45, 7) is 6.34. The minimum atomic E-state index is 0.168. The van der Waals surface area contributed by atoms with Gasteiger partial charge < -0.3 is 0 Å². The van der Waals surface area contributed by atoms with Crippen molar-refractivity contribution in [2.45, 2.75) is 33.6 Å². The van der Waals surface area contributed by atoms with E-state index in [-0.39, 0.29) is 5.78 Å². The van der Waals surface area contributed by atoms with Gasteiger partial charge in [-0.05, 0) is 74.1 Å². The van der Waals surface area contributed by atoms with Gasteiger partial charge in [-0.2, -0.15) is 0 Å². The minimum Gasteiger partial charge on any atom is -0.289 e. The molecule has 0 saturated heterocycles. The molecule has 3 rings (SSSR count). The summed E-state index contributed by atoms with van der Waals surface area (Å²) in [4.78, 5) is 12.8. The third-order valence-corrected chi connectivity index (χ3v) is 4.82. The van der Waals surface area contributed by atoms with Crippen LogP contribution in [0.1, 0.15) is 44.6 Å². The molecule has 0 atom stereocenters. The molecule has 1 aliphatic carbocycles. The first-order valence-corrected chi connectivity index (χ1v) is 8.36. The lowest BCUT2D eigenvalue weighted by atomic mass is 9.85. The van der Waals surface area contributed by atoms with E-state index in [0.717, 1.165) is 34.0 Å². The number of halogens is 1. The molecule has 2 heteroatoms. The first-order valence-electron chi connectivity index (χ1n) is 7.57. The fraction of sp³-hybridized carbons (Fsp3) is 0.250. The largest absolute Gasteiger partial charge is 0.289 e. The normalized spacial score (nSPS) is 16.0. The first kappa shape index (κ1) is 15.2. The van der Waals surface area contributed by atoms with Crippen LogP contribution in [0.5, 0.6) is 0 Å². The third-order valence-electron chi connectivity index (χ3n) is 4.33. The number of carbonyl (C=O) groups excluding carboxylic acids is 1. The Kier molecular flexibility index (Phi) is 4.05. The standard InChI is InChI=1S/C20H19BrO/c1-12-8-13(2)18(14(3)9-12)10-16-5-4-15-6-7-17(21)11-19(15)20(16)22/h6-11H,4-5H2,1-3H3/b16-10+. The highest BCUT2D eigenvalue weighted by atomic mass is 79.9. The lowest BCUT2D eigenvalue weighted by molar-refractivity contribution is 0.102. The second-order valence-electron chi connectivity index (χ2n) is 6.11. The second-order valence-corrected chi connectivity index (χ2v) is 7.03. The molecule has 0 aliphatic heterocycles. The maximum absolute atomic E-state index is 12.8. The lowest BCUT2D eigenvalue weighted by Gasteiger charge is -2.18. The summed E-state index contributed by atoms with van der Waals surface area (Å²) in [5, 5.41) is 0. The van der Waals surface area contributed by atoms with Crippen molar-refractivity contribution in [3.63, 3.8) is 0 Å². The molecule has 2 aromatic carbocycles.